The van der Waals surface area contributed by atoms with Crippen LogP contribution in [0.1, 0.15) is 15.9 Å². The summed E-state index contributed by atoms with van der Waals surface area (Å²) < 4.78 is 54.2. The SMILES string of the molecule is CN(C)S(=O)(=O)c1ccccc1CNC(=O)c1ccc(OC(F)F)cc1. The molecule has 2 aromatic carbocycles. The summed E-state index contributed by atoms with van der Waals surface area (Å²) in [5.74, 6) is -0.523. The zero-order chi connectivity index (χ0) is 19.3. The Kier molecular flexibility index (Phi) is 6.27. The quantitative estimate of drug-likeness (QED) is 0.796. The van der Waals surface area contributed by atoms with Crippen molar-refractivity contribution in [3.05, 3.63) is 59.7 Å². The van der Waals surface area contributed by atoms with E-state index in [0.717, 1.165) is 4.31 Å². The Hall–Kier alpha value is -2.52. The average molecular weight is 384 g/mol. The number of alkyl halides is 2. The molecule has 0 fully saturated rings. The van der Waals surface area contributed by atoms with Crippen LogP contribution in [0.25, 0.3) is 0 Å². The van der Waals surface area contributed by atoms with Crippen LogP contribution in [0.2, 0.25) is 0 Å². The van der Waals surface area contributed by atoms with Crippen LogP contribution in [0.4, 0.5) is 8.78 Å². The predicted octanol–water partition coefficient (Wildman–Crippen LogP) is 2.47. The van der Waals surface area contributed by atoms with Crippen LogP contribution in [0, 0.1) is 0 Å². The second-order valence-corrected chi connectivity index (χ2v) is 7.60. The molecule has 0 spiro atoms. The van der Waals surface area contributed by atoms with Gasteiger partial charge in [-0.3, -0.25) is 4.79 Å². The van der Waals surface area contributed by atoms with Crippen LogP contribution in [-0.2, 0) is 16.6 Å². The van der Waals surface area contributed by atoms with Gasteiger partial charge in [-0.1, -0.05) is 18.2 Å². The molecule has 26 heavy (non-hydrogen) atoms. The van der Waals surface area contributed by atoms with E-state index in [0.29, 0.717) is 5.56 Å². The van der Waals surface area contributed by atoms with Crippen LogP contribution in [0.5, 0.6) is 5.75 Å². The molecule has 0 aliphatic heterocycles. The Morgan fingerprint density at radius 3 is 2.31 bits per heavy atom. The fourth-order valence-electron chi connectivity index (χ4n) is 2.16. The molecule has 2 aromatic rings. The Morgan fingerprint density at radius 1 is 1.12 bits per heavy atom. The van der Waals surface area contributed by atoms with E-state index in [-0.39, 0.29) is 22.8 Å². The van der Waals surface area contributed by atoms with Gasteiger partial charge in [0.15, 0.2) is 0 Å². The Morgan fingerprint density at radius 2 is 1.73 bits per heavy atom. The molecule has 0 saturated carbocycles. The van der Waals surface area contributed by atoms with Crippen molar-refractivity contribution in [1.82, 2.24) is 9.62 Å². The maximum atomic E-state index is 12.3. The van der Waals surface area contributed by atoms with Crippen molar-refractivity contribution in [3.8, 4) is 5.75 Å². The highest BCUT2D eigenvalue weighted by Crippen LogP contribution is 2.19. The zero-order valence-electron chi connectivity index (χ0n) is 14.1. The third kappa shape index (κ3) is 4.77. The molecule has 140 valence electrons. The molecule has 6 nitrogen and oxygen atoms in total. The number of hydrogen-bond acceptors (Lipinski definition) is 4. The first-order valence-corrected chi connectivity index (χ1v) is 8.99. The van der Waals surface area contributed by atoms with E-state index in [2.05, 4.69) is 10.1 Å². The molecule has 0 bridgehead atoms. The maximum absolute atomic E-state index is 12.3. The van der Waals surface area contributed by atoms with Crippen LogP contribution in [0.3, 0.4) is 0 Å². The number of carbonyl (C=O) groups excluding carboxylic acids is 1. The molecule has 0 unspecified atom stereocenters. The minimum atomic E-state index is -3.64. The van der Waals surface area contributed by atoms with Crippen molar-refractivity contribution in [3.63, 3.8) is 0 Å². The highest BCUT2D eigenvalue weighted by molar-refractivity contribution is 7.89. The van der Waals surface area contributed by atoms with Gasteiger partial charge < -0.3 is 10.1 Å². The van der Waals surface area contributed by atoms with Crippen molar-refractivity contribution in [2.75, 3.05) is 14.1 Å². The van der Waals surface area contributed by atoms with Gasteiger partial charge in [0, 0.05) is 26.2 Å². The normalized spacial score (nSPS) is 11.6. The van der Waals surface area contributed by atoms with E-state index in [9.17, 15) is 22.0 Å². The Bertz CT molecular complexity index is 869. The lowest BCUT2D eigenvalue weighted by atomic mass is 10.2. The van der Waals surface area contributed by atoms with Crippen molar-refractivity contribution < 1.29 is 26.7 Å². The summed E-state index contributed by atoms with van der Waals surface area (Å²) in [5.41, 5.74) is 0.673. The molecule has 1 amide bonds. The number of rotatable bonds is 7. The average Bonchev–Trinajstić information content (AvgIpc) is 2.60. The number of amides is 1. The van der Waals surface area contributed by atoms with Crippen molar-refractivity contribution >= 4 is 15.9 Å². The number of nitrogens with zero attached hydrogens (tertiary/aromatic N) is 1. The van der Waals surface area contributed by atoms with Crippen LogP contribution < -0.4 is 10.1 Å². The molecule has 0 saturated heterocycles. The van der Waals surface area contributed by atoms with Gasteiger partial charge in [0.2, 0.25) is 10.0 Å². The summed E-state index contributed by atoms with van der Waals surface area (Å²) >= 11 is 0. The van der Waals surface area contributed by atoms with Gasteiger partial charge in [0.05, 0.1) is 4.90 Å². The summed E-state index contributed by atoms with van der Waals surface area (Å²) in [6.45, 7) is -2.94. The fraction of sp³-hybridized carbons (Fsp3) is 0.235. The lowest BCUT2D eigenvalue weighted by Gasteiger charge is -2.15. The first kappa shape index (κ1) is 19.8. The summed E-state index contributed by atoms with van der Waals surface area (Å²) in [7, 11) is -0.794. The zero-order valence-corrected chi connectivity index (χ0v) is 15.0. The predicted molar refractivity (Wildman–Crippen MR) is 91.6 cm³/mol. The third-order valence-corrected chi connectivity index (χ3v) is 5.43. The third-order valence-electron chi connectivity index (χ3n) is 3.51. The van der Waals surface area contributed by atoms with E-state index in [1.165, 1.54) is 44.4 Å². The fourth-order valence-corrected chi connectivity index (χ4v) is 3.28. The molecule has 1 N–H and O–H groups in total. The van der Waals surface area contributed by atoms with Crippen molar-refractivity contribution in [2.45, 2.75) is 18.1 Å². The van der Waals surface area contributed by atoms with Crippen molar-refractivity contribution in [2.24, 2.45) is 0 Å². The van der Waals surface area contributed by atoms with Gasteiger partial charge in [-0.2, -0.15) is 8.78 Å². The molecular weight excluding hydrogens is 366 g/mol. The van der Waals surface area contributed by atoms with E-state index >= 15 is 0 Å². The Labute approximate surface area is 150 Å². The van der Waals surface area contributed by atoms with Crippen molar-refractivity contribution in [1.29, 1.82) is 0 Å². The van der Waals surface area contributed by atoms with E-state index in [4.69, 9.17) is 0 Å². The molecule has 0 radical (unpaired) electrons. The number of sulfonamides is 1. The largest absolute Gasteiger partial charge is 0.435 e. The topological polar surface area (TPSA) is 75.7 Å². The van der Waals surface area contributed by atoms with Gasteiger partial charge in [-0.15, -0.1) is 0 Å². The van der Waals surface area contributed by atoms with Gasteiger partial charge in [0.25, 0.3) is 5.91 Å². The second kappa shape index (κ2) is 8.24. The number of nitrogens with one attached hydrogen (secondary N) is 1. The van der Waals surface area contributed by atoms with Gasteiger partial charge >= 0.3 is 6.61 Å². The first-order chi connectivity index (χ1) is 12.2. The summed E-state index contributed by atoms with van der Waals surface area (Å²) in [4.78, 5) is 12.3. The lowest BCUT2D eigenvalue weighted by molar-refractivity contribution is -0.0498. The number of ether oxygens (including phenoxy) is 1. The van der Waals surface area contributed by atoms with Crippen LogP contribution in [0.15, 0.2) is 53.4 Å². The van der Waals surface area contributed by atoms with Gasteiger partial charge in [-0.25, -0.2) is 12.7 Å². The molecule has 0 atom stereocenters. The Balaban J connectivity index is 2.11. The summed E-state index contributed by atoms with van der Waals surface area (Å²) in [6, 6.07) is 11.5. The van der Waals surface area contributed by atoms with Crippen LogP contribution in [-0.4, -0.2) is 39.3 Å². The summed E-state index contributed by atoms with van der Waals surface area (Å²) in [5, 5.41) is 2.62. The highest BCUT2D eigenvalue weighted by Gasteiger charge is 2.20. The van der Waals surface area contributed by atoms with E-state index < -0.39 is 22.5 Å². The molecule has 9 heteroatoms. The standard InChI is InChI=1S/C17H18F2N2O4S/c1-21(2)26(23,24)15-6-4-3-5-13(15)11-20-16(22)12-7-9-14(10-8-12)25-17(18)19/h3-10,17H,11H2,1-2H3,(H,20,22). The molecule has 0 aromatic heterocycles. The van der Waals surface area contributed by atoms with E-state index in [1.807, 2.05) is 0 Å². The first-order valence-electron chi connectivity index (χ1n) is 7.55. The number of carbonyl (C=O) groups is 1. The molecular formula is C17H18F2N2O4S. The van der Waals surface area contributed by atoms with Gasteiger partial charge in [-0.05, 0) is 35.9 Å². The summed E-state index contributed by atoms with van der Waals surface area (Å²) in [6.07, 6.45) is 0. The lowest BCUT2D eigenvalue weighted by Crippen LogP contribution is -2.27. The number of benzene rings is 2. The van der Waals surface area contributed by atoms with Crippen LogP contribution >= 0.6 is 0 Å². The highest BCUT2D eigenvalue weighted by atomic mass is 32.2. The molecule has 0 aliphatic carbocycles. The number of hydrogen-bond donors (Lipinski definition) is 1. The molecule has 0 heterocycles. The number of halogens is 2. The minimum Gasteiger partial charge on any atom is -0.435 e. The minimum absolute atomic E-state index is 0.00262. The smallest absolute Gasteiger partial charge is 0.387 e. The maximum Gasteiger partial charge on any atom is 0.387 e. The molecule has 0 aliphatic rings. The second-order valence-electron chi connectivity index (χ2n) is 5.48. The molecule has 2 rings (SSSR count). The monoisotopic (exact) mass is 384 g/mol. The van der Waals surface area contributed by atoms with Gasteiger partial charge in [0.1, 0.15) is 5.75 Å². The van der Waals surface area contributed by atoms with E-state index in [1.54, 1.807) is 18.2 Å².